The molecule has 1 heterocycles. The normalized spacial score (nSPS) is 23.4. The van der Waals surface area contributed by atoms with Crippen LogP contribution in [0.4, 0.5) is 5.82 Å². The maximum atomic E-state index is 4.25. The van der Waals surface area contributed by atoms with E-state index in [0.29, 0.717) is 0 Å². The van der Waals surface area contributed by atoms with Crippen LogP contribution >= 0.6 is 0 Å². The van der Waals surface area contributed by atoms with Gasteiger partial charge in [0, 0.05) is 17.3 Å². The summed E-state index contributed by atoms with van der Waals surface area (Å²) in [4.78, 5) is 0. The van der Waals surface area contributed by atoms with Crippen LogP contribution in [0.2, 0.25) is 0 Å². The minimum Gasteiger partial charge on any atom is -0.368 e. The molecule has 3 rings (SSSR count). The zero-order valence-corrected chi connectivity index (χ0v) is 11.5. The van der Waals surface area contributed by atoms with Crippen LogP contribution in [0.5, 0.6) is 0 Å². The van der Waals surface area contributed by atoms with Gasteiger partial charge < -0.3 is 5.32 Å². The highest BCUT2D eigenvalue weighted by atomic mass is 15.2. The number of aromatic nitrogens is 2. The van der Waals surface area contributed by atoms with E-state index in [0.717, 1.165) is 29.6 Å². The standard InChI is InChI=1S/C16H21N3/c1-12-5-4-6-13(9-12)10-17-16-15-8-3-2-7-14(15)11-18-19-16/h2-3,7-8,11-13H,4-6,9-10H2,1H3,(H,17,19). The van der Waals surface area contributed by atoms with Gasteiger partial charge in [-0.1, -0.05) is 44.0 Å². The third-order valence-electron chi connectivity index (χ3n) is 4.17. The molecule has 0 aliphatic heterocycles. The second kappa shape index (κ2) is 5.55. The first-order valence-electron chi connectivity index (χ1n) is 7.27. The lowest BCUT2D eigenvalue weighted by Crippen LogP contribution is -2.21. The Bertz CT molecular complexity index is 547. The highest BCUT2D eigenvalue weighted by Gasteiger charge is 2.18. The third-order valence-corrected chi connectivity index (χ3v) is 4.17. The molecule has 1 N–H and O–H groups in total. The fourth-order valence-electron chi connectivity index (χ4n) is 3.14. The van der Waals surface area contributed by atoms with Crippen molar-refractivity contribution in [2.75, 3.05) is 11.9 Å². The SMILES string of the molecule is CC1CCCC(CNc2nncc3ccccc23)C1. The molecule has 2 atom stereocenters. The monoisotopic (exact) mass is 255 g/mol. The summed E-state index contributed by atoms with van der Waals surface area (Å²) in [6.07, 6.45) is 7.27. The van der Waals surface area contributed by atoms with Crippen molar-refractivity contribution >= 4 is 16.6 Å². The van der Waals surface area contributed by atoms with Crippen LogP contribution in [0, 0.1) is 11.8 Å². The smallest absolute Gasteiger partial charge is 0.156 e. The number of anilines is 1. The van der Waals surface area contributed by atoms with E-state index in [2.05, 4.69) is 40.6 Å². The van der Waals surface area contributed by atoms with Gasteiger partial charge in [0.1, 0.15) is 0 Å². The summed E-state index contributed by atoms with van der Waals surface area (Å²) >= 11 is 0. The van der Waals surface area contributed by atoms with E-state index in [4.69, 9.17) is 0 Å². The van der Waals surface area contributed by atoms with Gasteiger partial charge in [-0.3, -0.25) is 0 Å². The minimum atomic E-state index is 0.782. The molecule has 3 heteroatoms. The van der Waals surface area contributed by atoms with Gasteiger partial charge in [-0.2, -0.15) is 5.10 Å². The molecule has 1 aromatic heterocycles. The lowest BCUT2D eigenvalue weighted by atomic mass is 9.82. The number of nitrogens with one attached hydrogen (secondary N) is 1. The molecule has 0 amide bonds. The van der Waals surface area contributed by atoms with Crippen LogP contribution < -0.4 is 5.32 Å². The molecule has 19 heavy (non-hydrogen) atoms. The van der Waals surface area contributed by atoms with E-state index in [1.54, 1.807) is 0 Å². The number of hydrogen-bond acceptors (Lipinski definition) is 3. The van der Waals surface area contributed by atoms with E-state index in [9.17, 15) is 0 Å². The van der Waals surface area contributed by atoms with Gasteiger partial charge in [0.15, 0.2) is 5.82 Å². The molecule has 1 aliphatic carbocycles. The molecule has 3 nitrogen and oxygen atoms in total. The van der Waals surface area contributed by atoms with Crippen LogP contribution in [0.1, 0.15) is 32.6 Å². The van der Waals surface area contributed by atoms with Crippen molar-refractivity contribution in [3.8, 4) is 0 Å². The van der Waals surface area contributed by atoms with Crippen LogP contribution in [0.3, 0.4) is 0 Å². The van der Waals surface area contributed by atoms with Crippen molar-refractivity contribution < 1.29 is 0 Å². The molecular formula is C16H21N3. The van der Waals surface area contributed by atoms with E-state index < -0.39 is 0 Å². The predicted molar refractivity (Wildman–Crippen MR) is 79.1 cm³/mol. The Labute approximate surface area is 114 Å². The third kappa shape index (κ3) is 2.86. The van der Waals surface area contributed by atoms with Gasteiger partial charge in [-0.05, 0) is 24.7 Å². The van der Waals surface area contributed by atoms with Crippen molar-refractivity contribution in [2.45, 2.75) is 32.6 Å². The van der Waals surface area contributed by atoms with Crippen LogP contribution in [-0.2, 0) is 0 Å². The second-order valence-electron chi connectivity index (χ2n) is 5.80. The Hall–Kier alpha value is -1.64. The summed E-state index contributed by atoms with van der Waals surface area (Å²) in [7, 11) is 0. The minimum absolute atomic E-state index is 0.782. The largest absolute Gasteiger partial charge is 0.368 e. The van der Waals surface area contributed by atoms with Crippen LogP contribution in [0.15, 0.2) is 30.5 Å². The lowest BCUT2D eigenvalue weighted by Gasteiger charge is -2.27. The molecule has 0 spiro atoms. The Morgan fingerprint density at radius 1 is 1.26 bits per heavy atom. The molecule has 0 bridgehead atoms. The van der Waals surface area contributed by atoms with Gasteiger partial charge in [-0.15, -0.1) is 5.10 Å². The van der Waals surface area contributed by atoms with Crippen molar-refractivity contribution in [3.05, 3.63) is 30.5 Å². The molecule has 1 fully saturated rings. The summed E-state index contributed by atoms with van der Waals surface area (Å²) in [5.41, 5.74) is 0. The number of nitrogens with zero attached hydrogens (tertiary/aromatic N) is 2. The average Bonchev–Trinajstić information content (AvgIpc) is 2.45. The van der Waals surface area contributed by atoms with Gasteiger partial charge in [-0.25, -0.2) is 0 Å². The average molecular weight is 255 g/mol. The first kappa shape index (κ1) is 12.4. The number of fused-ring (bicyclic) bond motifs is 1. The van der Waals surface area contributed by atoms with Gasteiger partial charge in [0.2, 0.25) is 0 Å². The van der Waals surface area contributed by atoms with E-state index in [-0.39, 0.29) is 0 Å². The fourth-order valence-corrected chi connectivity index (χ4v) is 3.14. The molecule has 100 valence electrons. The molecular weight excluding hydrogens is 234 g/mol. The molecule has 1 aliphatic rings. The number of benzene rings is 1. The lowest BCUT2D eigenvalue weighted by molar-refractivity contribution is 0.293. The fraction of sp³-hybridized carbons (Fsp3) is 0.500. The topological polar surface area (TPSA) is 37.8 Å². The molecule has 2 unspecified atom stereocenters. The quantitative estimate of drug-likeness (QED) is 0.904. The Morgan fingerprint density at radius 3 is 3.05 bits per heavy atom. The predicted octanol–water partition coefficient (Wildman–Crippen LogP) is 3.87. The molecule has 2 aromatic rings. The number of rotatable bonds is 3. The van der Waals surface area contributed by atoms with Crippen LogP contribution in [-0.4, -0.2) is 16.7 Å². The Kier molecular flexibility index (Phi) is 3.62. The summed E-state index contributed by atoms with van der Waals surface area (Å²) in [6, 6.07) is 8.28. The highest BCUT2D eigenvalue weighted by molar-refractivity contribution is 5.90. The number of hydrogen-bond donors (Lipinski definition) is 1. The van der Waals surface area contributed by atoms with E-state index >= 15 is 0 Å². The maximum absolute atomic E-state index is 4.25. The first-order chi connectivity index (χ1) is 9.33. The second-order valence-corrected chi connectivity index (χ2v) is 5.80. The van der Waals surface area contributed by atoms with Crippen molar-refractivity contribution in [1.29, 1.82) is 0 Å². The van der Waals surface area contributed by atoms with Crippen molar-refractivity contribution in [2.24, 2.45) is 11.8 Å². The maximum Gasteiger partial charge on any atom is 0.156 e. The first-order valence-corrected chi connectivity index (χ1v) is 7.27. The summed E-state index contributed by atoms with van der Waals surface area (Å²) in [6.45, 7) is 3.39. The van der Waals surface area contributed by atoms with Crippen LogP contribution in [0.25, 0.3) is 10.8 Å². The van der Waals surface area contributed by atoms with Gasteiger partial charge in [0.25, 0.3) is 0 Å². The van der Waals surface area contributed by atoms with E-state index in [1.807, 2.05) is 12.3 Å². The summed E-state index contributed by atoms with van der Waals surface area (Å²) < 4.78 is 0. The van der Waals surface area contributed by atoms with Gasteiger partial charge >= 0.3 is 0 Å². The van der Waals surface area contributed by atoms with E-state index in [1.165, 1.54) is 31.1 Å². The van der Waals surface area contributed by atoms with Gasteiger partial charge in [0.05, 0.1) is 6.20 Å². The molecule has 0 radical (unpaired) electrons. The molecule has 1 aromatic carbocycles. The zero-order valence-electron chi connectivity index (χ0n) is 11.5. The van der Waals surface area contributed by atoms with Crippen molar-refractivity contribution in [1.82, 2.24) is 10.2 Å². The molecule has 0 saturated heterocycles. The highest BCUT2D eigenvalue weighted by Crippen LogP contribution is 2.29. The summed E-state index contributed by atoms with van der Waals surface area (Å²) in [5.74, 6) is 2.58. The Balaban J connectivity index is 1.71. The Morgan fingerprint density at radius 2 is 2.16 bits per heavy atom. The van der Waals surface area contributed by atoms with Crippen molar-refractivity contribution in [3.63, 3.8) is 0 Å². The molecule has 1 saturated carbocycles. The summed E-state index contributed by atoms with van der Waals surface area (Å²) in [5, 5.41) is 14.2. The zero-order chi connectivity index (χ0) is 13.1.